The number of aliphatic carboxylic acids is 1. The molecule has 0 aliphatic rings. The van der Waals surface area contributed by atoms with Gasteiger partial charge < -0.3 is 26.8 Å². The minimum Gasteiger partial charge on any atom is -0.481 e. The van der Waals surface area contributed by atoms with Crippen molar-refractivity contribution in [1.29, 1.82) is 0 Å². The smallest absolute Gasteiger partial charge is 0.306 e. The molecule has 0 saturated carbocycles. The van der Waals surface area contributed by atoms with Crippen molar-refractivity contribution in [3.05, 3.63) is 24.3 Å². The SMILES string of the molecule is CC[C@@H](CCCC(=O)NCC(=O)NCC(=O)Nc1ccc(N)cc1)C(=O)O. The largest absolute Gasteiger partial charge is 0.481 e. The first-order valence-corrected chi connectivity index (χ1v) is 8.73. The van der Waals surface area contributed by atoms with E-state index in [1.807, 2.05) is 0 Å². The second-order valence-corrected chi connectivity index (χ2v) is 6.06. The molecule has 0 radical (unpaired) electrons. The van der Waals surface area contributed by atoms with Crippen LogP contribution in [0, 0.1) is 5.92 Å². The Bertz CT molecular complexity index is 660. The third-order valence-electron chi connectivity index (χ3n) is 3.89. The zero-order valence-corrected chi connectivity index (χ0v) is 15.3. The Morgan fingerprint density at radius 2 is 1.59 bits per heavy atom. The first-order valence-electron chi connectivity index (χ1n) is 8.73. The van der Waals surface area contributed by atoms with Crippen molar-refractivity contribution < 1.29 is 24.3 Å². The Morgan fingerprint density at radius 3 is 2.19 bits per heavy atom. The maximum absolute atomic E-state index is 11.7. The highest BCUT2D eigenvalue weighted by Crippen LogP contribution is 2.12. The summed E-state index contributed by atoms with van der Waals surface area (Å²) in [5.74, 6) is -2.56. The molecular weight excluding hydrogens is 352 g/mol. The molecule has 9 nitrogen and oxygen atoms in total. The summed E-state index contributed by atoms with van der Waals surface area (Å²) in [7, 11) is 0. The number of carbonyl (C=O) groups is 4. The third-order valence-corrected chi connectivity index (χ3v) is 3.89. The molecule has 3 amide bonds. The number of anilines is 2. The lowest BCUT2D eigenvalue weighted by Crippen LogP contribution is -2.40. The number of nitrogens with two attached hydrogens (primary N) is 1. The highest BCUT2D eigenvalue weighted by Gasteiger charge is 2.15. The average Bonchev–Trinajstić information content (AvgIpc) is 2.63. The molecule has 148 valence electrons. The molecule has 0 spiro atoms. The molecule has 27 heavy (non-hydrogen) atoms. The lowest BCUT2D eigenvalue weighted by atomic mass is 9.99. The van der Waals surface area contributed by atoms with Gasteiger partial charge in [-0.2, -0.15) is 0 Å². The van der Waals surface area contributed by atoms with Gasteiger partial charge in [-0.3, -0.25) is 19.2 Å². The summed E-state index contributed by atoms with van der Waals surface area (Å²) in [6, 6.07) is 6.57. The molecule has 1 rings (SSSR count). The normalized spacial score (nSPS) is 11.3. The van der Waals surface area contributed by atoms with Gasteiger partial charge >= 0.3 is 5.97 Å². The summed E-state index contributed by atoms with van der Waals surface area (Å²) in [6.45, 7) is 1.31. The van der Waals surface area contributed by atoms with Gasteiger partial charge in [-0.05, 0) is 43.5 Å². The Morgan fingerprint density at radius 1 is 1.00 bits per heavy atom. The topological polar surface area (TPSA) is 151 Å². The first kappa shape index (κ1) is 21.9. The van der Waals surface area contributed by atoms with Gasteiger partial charge in [0.1, 0.15) is 0 Å². The summed E-state index contributed by atoms with van der Waals surface area (Å²) in [5.41, 5.74) is 6.68. The van der Waals surface area contributed by atoms with Crippen LogP contribution in [0.2, 0.25) is 0 Å². The van der Waals surface area contributed by atoms with Gasteiger partial charge in [0.2, 0.25) is 17.7 Å². The molecule has 0 aliphatic heterocycles. The molecular formula is C18H26N4O5. The van der Waals surface area contributed by atoms with Crippen molar-refractivity contribution in [2.24, 2.45) is 5.92 Å². The number of hydrogen-bond acceptors (Lipinski definition) is 5. The summed E-state index contributed by atoms with van der Waals surface area (Å²) in [4.78, 5) is 46.0. The monoisotopic (exact) mass is 378 g/mol. The van der Waals surface area contributed by atoms with Gasteiger partial charge in [-0.15, -0.1) is 0 Å². The zero-order valence-electron chi connectivity index (χ0n) is 15.3. The summed E-state index contributed by atoms with van der Waals surface area (Å²) >= 11 is 0. The lowest BCUT2D eigenvalue weighted by Gasteiger charge is -2.10. The molecule has 1 atom stereocenters. The van der Waals surface area contributed by atoms with Gasteiger partial charge in [0.25, 0.3) is 0 Å². The number of hydrogen-bond donors (Lipinski definition) is 5. The minimum absolute atomic E-state index is 0.148. The molecule has 0 aromatic heterocycles. The number of amides is 3. The summed E-state index contributed by atoms with van der Waals surface area (Å²) in [5, 5.41) is 16.4. The number of carbonyl (C=O) groups excluding carboxylic acids is 3. The molecule has 0 bridgehead atoms. The molecule has 9 heteroatoms. The maximum Gasteiger partial charge on any atom is 0.306 e. The van der Waals surface area contributed by atoms with Gasteiger partial charge in [0.05, 0.1) is 19.0 Å². The number of rotatable bonds is 11. The van der Waals surface area contributed by atoms with Crippen molar-refractivity contribution in [3.63, 3.8) is 0 Å². The van der Waals surface area contributed by atoms with Crippen LogP contribution >= 0.6 is 0 Å². The van der Waals surface area contributed by atoms with Crippen molar-refractivity contribution in [3.8, 4) is 0 Å². The van der Waals surface area contributed by atoms with E-state index in [9.17, 15) is 19.2 Å². The summed E-state index contributed by atoms with van der Waals surface area (Å²) in [6.07, 6.45) is 1.51. The van der Waals surface area contributed by atoms with Gasteiger partial charge in [0, 0.05) is 17.8 Å². The number of carboxylic acid groups (broad SMARTS) is 1. The third kappa shape index (κ3) is 9.24. The molecule has 0 aliphatic carbocycles. The fraction of sp³-hybridized carbons (Fsp3) is 0.444. The average molecular weight is 378 g/mol. The Balaban J connectivity index is 2.18. The van der Waals surface area contributed by atoms with Crippen LogP contribution in [0.15, 0.2) is 24.3 Å². The molecule has 0 heterocycles. The van der Waals surface area contributed by atoms with Crippen LogP contribution in [-0.4, -0.2) is 41.9 Å². The second kappa shape index (κ2) is 11.5. The maximum atomic E-state index is 11.7. The first-order chi connectivity index (χ1) is 12.8. The van der Waals surface area contributed by atoms with Crippen LogP contribution < -0.4 is 21.7 Å². The van der Waals surface area contributed by atoms with E-state index in [0.717, 1.165) is 0 Å². The van der Waals surface area contributed by atoms with Gasteiger partial charge in [-0.1, -0.05) is 6.92 Å². The van der Waals surface area contributed by atoms with E-state index in [-0.39, 0.29) is 25.4 Å². The number of carboxylic acids is 1. The number of benzene rings is 1. The van der Waals surface area contributed by atoms with E-state index < -0.39 is 23.7 Å². The van der Waals surface area contributed by atoms with Gasteiger partial charge in [-0.25, -0.2) is 0 Å². The van der Waals surface area contributed by atoms with Crippen LogP contribution in [0.3, 0.4) is 0 Å². The lowest BCUT2D eigenvalue weighted by molar-refractivity contribution is -0.142. The van der Waals surface area contributed by atoms with Crippen LogP contribution in [0.5, 0.6) is 0 Å². The van der Waals surface area contributed by atoms with E-state index in [1.165, 1.54) is 0 Å². The highest BCUT2D eigenvalue weighted by molar-refractivity contribution is 5.95. The van der Waals surface area contributed by atoms with E-state index in [2.05, 4.69) is 16.0 Å². The molecule has 1 aromatic rings. The molecule has 0 unspecified atom stereocenters. The van der Waals surface area contributed by atoms with Crippen molar-refractivity contribution >= 4 is 35.1 Å². The summed E-state index contributed by atoms with van der Waals surface area (Å²) < 4.78 is 0. The molecule has 1 aromatic carbocycles. The molecule has 0 fully saturated rings. The Kier molecular flexibility index (Phi) is 9.35. The second-order valence-electron chi connectivity index (χ2n) is 6.06. The Labute approximate surface area is 157 Å². The van der Waals surface area contributed by atoms with Crippen LogP contribution in [0.25, 0.3) is 0 Å². The number of nitrogens with one attached hydrogen (secondary N) is 3. The van der Waals surface area contributed by atoms with Crippen molar-refractivity contribution in [2.75, 3.05) is 24.1 Å². The zero-order chi connectivity index (χ0) is 20.2. The van der Waals surface area contributed by atoms with Crippen LogP contribution in [0.4, 0.5) is 11.4 Å². The fourth-order valence-corrected chi connectivity index (χ4v) is 2.29. The predicted molar refractivity (Wildman–Crippen MR) is 101 cm³/mol. The number of nitrogen functional groups attached to an aromatic ring is 1. The van der Waals surface area contributed by atoms with Crippen LogP contribution in [-0.2, 0) is 19.2 Å². The van der Waals surface area contributed by atoms with E-state index in [1.54, 1.807) is 31.2 Å². The standard InChI is InChI=1S/C18H26N4O5/c1-2-12(18(26)27)4-3-5-15(23)20-10-16(24)21-11-17(25)22-14-8-6-13(19)7-9-14/h6-9,12H,2-5,10-11,19H2,1H3,(H,20,23)(H,21,24)(H,22,25)(H,26,27)/t12-/m0/s1. The van der Waals surface area contributed by atoms with Crippen LogP contribution in [0.1, 0.15) is 32.6 Å². The molecule has 6 N–H and O–H groups in total. The van der Waals surface area contributed by atoms with E-state index in [4.69, 9.17) is 10.8 Å². The quantitative estimate of drug-likeness (QED) is 0.358. The molecule has 0 saturated heterocycles. The van der Waals surface area contributed by atoms with Crippen molar-refractivity contribution in [2.45, 2.75) is 32.6 Å². The van der Waals surface area contributed by atoms with Gasteiger partial charge in [0.15, 0.2) is 0 Å². The van der Waals surface area contributed by atoms with Crippen molar-refractivity contribution in [1.82, 2.24) is 10.6 Å². The highest BCUT2D eigenvalue weighted by atomic mass is 16.4. The minimum atomic E-state index is -0.866. The Hall–Kier alpha value is -3.10. The van der Waals surface area contributed by atoms with E-state index >= 15 is 0 Å². The predicted octanol–water partition coefficient (Wildman–Crippen LogP) is 0.721. The fourth-order valence-electron chi connectivity index (χ4n) is 2.29. The van der Waals surface area contributed by atoms with E-state index in [0.29, 0.717) is 30.6 Å².